The van der Waals surface area contributed by atoms with Crippen molar-refractivity contribution in [2.45, 2.75) is 18.4 Å². The monoisotopic (exact) mass is 325 g/mol. The summed E-state index contributed by atoms with van der Waals surface area (Å²) in [5.41, 5.74) is 7.10. The zero-order chi connectivity index (χ0) is 15.6. The zero-order valence-electron chi connectivity index (χ0n) is 12.3. The van der Waals surface area contributed by atoms with Crippen LogP contribution in [0.25, 0.3) is 0 Å². The van der Waals surface area contributed by atoms with Gasteiger partial charge in [-0.25, -0.2) is 12.7 Å². The quantitative estimate of drug-likeness (QED) is 0.828. The van der Waals surface area contributed by atoms with Gasteiger partial charge in [0, 0.05) is 30.4 Å². The van der Waals surface area contributed by atoms with Gasteiger partial charge in [-0.15, -0.1) is 11.3 Å². The zero-order valence-corrected chi connectivity index (χ0v) is 13.9. The van der Waals surface area contributed by atoms with E-state index < -0.39 is 10.0 Å². The third-order valence-electron chi connectivity index (χ3n) is 3.05. The van der Waals surface area contributed by atoms with Crippen LogP contribution in [0.1, 0.15) is 9.75 Å². The smallest absolute Gasteiger partial charge is 0.242 e. The normalized spacial score (nSPS) is 11.8. The molecule has 21 heavy (non-hydrogen) atoms. The summed E-state index contributed by atoms with van der Waals surface area (Å²) in [5, 5.41) is 3.23. The molecular weight excluding hydrogens is 306 g/mol. The minimum atomic E-state index is -3.45. The molecule has 1 aromatic heterocycles. The Morgan fingerprint density at radius 3 is 2.48 bits per heavy atom. The van der Waals surface area contributed by atoms with Gasteiger partial charge >= 0.3 is 0 Å². The van der Waals surface area contributed by atoms with Crippen LogP contribution in [-0.4, -0.2) is 26.8 Å². The van der Waals surface area contributed by atoms with Crippen LogP contribution in [0.4, 0.5) is 11.4 Å². The minimum Gasteiger partial charge on any atom is -0.397 e. The number of sulfonamides is 1. The lowest BCUT2D eigenvalue weighted by Crippen LogP contribution is -2.22. The van der Waals surface area contributed by atoms with Crippen molar-refractivity contribution in [2.75, 3.05) is 25.1 Å². The summed E-state index contributed by atoms with van der Waals surface area (Å²) < 4.78 is 25.2. The predicted octanol–water partition coefficient (Wildman–Crippen LogP) is 2.50. The first-order valence-electron chi connectivity index (χ1n) is 6.42. The van der Waals surface area contributed by atoms with Crippen molar-refractivity contribution in [2.24, 2.45) is 0 Å². The molecule has 1 heterocycles. The number of aryl methyl sites for hydroxylation is 1. The number of nitrogen functional groups attached to an aromatic ring is 1. The van der Waals surface area contributed by atoms with E-state index in [0.717, 1.165) is 5.69 Å². The summed E-state index contributed by atoms with van der Waals surface area (Å²) in [6, 6.07) is 8.88. The summed E-state index contributed by atoms with van der Waals surface area (Å²) in [6.07, 6.45) is 0. The number of nitrogens with zero attached hydrogens (tertiary/aromatic N) is 1. The molecule has 0 amide bonds. The second-order valence-electron chi connectivity index (χ2n) is 4.90. The van der Waals surface area contributed by atoms with E-state index in [0.29, 0.717) is 12.2 Å². The summed E-state index contributed by atoms with van der Waals surface area (Å²) in [5.74, 6) is 0. The number of hydrogen-bond donors (Lipinski definition) is 2. The van der Waals surface area contributed by atoms with Crippen molar-refractivity contribution in [3.63, 3.8) is 0 Å². The van der Waals surface area contributed by atoms with Crippen LogP contribution in [-0.2, 0) is 16.6 Å². The molecule has 5 nitrogen and oxygen atoms in total. The molecule has 2 aromatic rings. The fourth-order valence-electron chi connectivity index (χ4n) is 1.84. The molecule has 0 unspecified atom stereocenters. The van der Waals surface area contributed by atoms with Crippen LogP contribution in [0, 0.1) is 6.92 Å². The minimum absolute atomic E-state index is 0.197. The molecule has 2 rings (SSSR count). The maximum atomic E-state index is 12.0. The number of nitrogens with two attached hydrogens (primary N) is 1. The highest BCUT2D eigenvalue weighted by Crippen LogP contribution is 2.25. The van der Waals surface area contributed by atoms with Crippen LogP contribution >= 0.6 is 11.3 Å². The molecule has 0 saturated carbocycles. The second-order valence-corrected chi connectivity index (χ2v) is 8.43. The fraction of sp³-hybridized carbons (Fsp3) is 0.286. The number of anilines is 2. The van der Waals surface area contributed by atoms with Crippen molar-refractivity contribution in [3.05, 3.63) is 40.1 Å². The number of hydrogen-bond acceptors (Lipinski definition) is 5. The molecule has 0 radical (unpaired) electrons. The lowest BCUT2D eigenvalue weighted by atomic mass is 10.2. The van der Waals surface area contributed by atoms with Crippen LogP contribution < -0.4 is 11.1 Å². The van der Waals surface area contributed by atoms with Crippen LogP contribution in [0.5, 0.6) is 0 Å². The van der Waals surface area contributed by atoms with E-state index >= 15 is 0 Å². The van der Waals surface area contributed by atoms with Gasteiger partial charge in [0.25, 0.3) is 0 Å². The molecule has 0 aliphatic heterocycles. The van der Waals surface area contributed by atoms with E-state index in [-0.39, 0.29) is 4.90 Å². The Labute approximate surface area is 129 Å². The Kier molecular flexibility index (Phi) is 4.55. The van der Waals surface area contributed by atoms with E-state index in [9.17, 15) is 8.42 Å². The summed E-state index contributed by atoms with van der Waals surface area (Å²) in [6.45, 7) is 2.73. The van der Waals surface area contributed by atoms with Gasteiger partial charge < -0.3 is 11.1 Å². The largest absolute Gasteiger partial charge is 0.397 e. The molecule has 0 fully saturated rings. The number of rotatable bonds is 5. The van der Waals surface area contributed by atoms with Crippen molar-refractivity contribution >= 4 is 32.7 Å². The molecule has 0 saturated heterocycles. The van der Waals surface area contributed by atoms with Gasteiger partial charge in [-0.1, -0.05) is 0 Å². The summed E-state index contributed by atoms with van der Waals surface area (Å²) >= 11 is 1.72. The van der Waals surface area contributed by atoms with Crippen LogP contribution in [0.3, 0.4) is 0 Å². The molecule has 0 aliphatic rings. The standard InChI is InChI=1S/C14H19N3O2S2/c1-10-4-5-11(20-10)9-16-14-7-6-12(8-13(14)15)21(18,19)17(2)3/h4-8,16H,9,15H2,1-3H3. The van der Waals surface area contributed by atoms with Gasteiger partial charge in [0.05, 0.1) is 16.3 Å². The van der Waals surface area contributed by atoms with E-state index in [4.69, 9.17) is 5.73 Å². The second kappa shape index (κ2) is 6.05. The van der Waals surface area contributed by atoms with Crippen molar-refractivity contribution in [1.82, 2.24) is 4.31 Å². The van der Waals surface area contributed by atoms with Crippen molar-refractivity contribution in [3.8, 4) is 0 Å². The average Bonchev–Trinajstić information content (AvgIpc) is 2.82. The van der Waals surface area contributed by atoms with Gasteiger partial charge in [0.2, 0.25) is 10.0 Å². The number of nitrogens with one attached hydrogen (secondary N) is 1. The topological polar surface area (TPSA) is 75.4 Å². The molecular formula is C14H19N3O2S2. The van der Waals surface area contributed by atoms with E-state index in [1.54, 1.807) is 23.5 Å². The molecule has 3 N–H and O–H groups in total. The summed E-state index contributed by atoms with van der Waals surface area (Å²) in [4.78, 5) is 2.66. The Balaban J connectivity index is 2.16. The SMILES string of the molecule is Cc1ccc(CNc2ccc(S(=O)(=O)N(C)C)cc2N)s1. The first-order chi connectivity index (χ1) is 9.80. The first kappa shape index (κ1) is 15.8. The van der Waals surface area contributed by atoms with E-state index in [2.05, 4.69) is 24.4 Å². The summed E-state index contributed by atoms with van der Waals surface area (Å²) in [7, 11) is -0.459. The molecule has 0 atom stereocenters. The molecule has 0 bridgehead atoms. The Morgan fingerprint density at radius 2 is 1.95 bits per heavy atom. The predicted molar refractivity (Wildman–Crippen MR) is 88.1 cm³/mol. The van der Waals surface area contributed by atoms with Gasteiger partial charge in [0.15, 0.2) is 0 Å². The first-order valence-corrected chi connectivity index (χ1v) is 8.67. The maximum Gasteiger partial charge on any atom is 0.242 e. The number of benzene rings is 1. The molecule has 114 valence electrons. The van der Waals surface area contributed by atoms with Gasteiger partial charge in [0.1, 0.15) is 0 Å². The molecule has 0 spiro atoms. The van der Waals surface area contributed by atoms with E-state index in [1.165, 1.54) is 34.2 Å². The van der Waals surface area contributed by atoms with Gasteiger partial charge in [-0.2, -0.15) is 0 Å². The van der Waals surface area contributed by atoms with E-state index in [1.807, 2.05) is 0 Å². The third-order valence-corrected chi connectivity index (χ3v) is 5.86. The molecule has 1 aromatic carbocycles. The lowest BCUT2D eigenvalue weighted by Gasteiger charge is -2.14. The highest BCUT2D eigenvalue weighted by atomic mass is 32.2. The Hall–Kier alpha value is -1.57. The van der Waals surface area contributed by atoms with Crippen LogP contribution in [0.2, 0.25) is 0 Å². The van der Waals surface area contributed by atoms with Crippen LogP contribution in [0.15, 0.2) is 35.2 Å². The average molecular weight is 325 g/mol. The molecule has 7 heteroatoms. The van der Waals surface area contributed by atoms with Crippen molar-refractivity contribution < 1.29 is 8.42 Å². The third kappa shape index (κ3) is 3.55. The fourth-order valence-corrected chi connectivity index (χ4v) is 3.60. The van der Waals surface area contributed by atoms with Gasteiger partial charge in [-0.3, -0.25) is 0 Å². The highest BCUT2D eigenvalue weighted by molar-refractivity contribution is 7.89. The maximum absolute atomic E-state index is 12.0. The van der Waals surface area contributed by atoms with Gasteiger partial charge in [-0.05, 0) is 37.3 Å². The molecule has 0 aliphatic carbocycles. The lowest BCUT2D eigenvalue weighted by molar-refractivity contribution is 0.521. The Bertz CT molecular complexity index is 736. The number of thiophene rings is 1. The van der Waals surface area contributed by atoms with Crippen molar-refractivity contribution in [1.29, 1.82) is 0 Å². The highest BCUT2D eigenvalue weighted by Gasteiger charge is 2.18. The Morgan fingerprint density at radius 1 is 1.24 bits per heavy atom.